The van der Waals surface area contributed by atoms with Gasteiger partial charge < -0.3 is 15.0 Å². The van der Waals surface area contributed by atoms with E-state index in [1.807, 2.05) is 12.1 Å². The SMILES string of the molecule is CCN(CC)CCOC(=O)c1ccc(NC(=O)Cc2ccc(Cl)cc2)cc1. The molecule has 2 aromatic rings. The van der Waals surface area contributed by atoms with E-state index < -0.39 is 0 Å². The number of likely N-dealkylation sites (N-methyl/N-ethyl adjacent to an activating group) is 1. The molecule has 0 unspecified atom stereocenters. The van der Waals surface area contributed by atoms with E-state index in [4.69, 9.17) is 16.3 Å². The molecule has 0 aromatic heterocycles. The Morgan fingerprint density at radius 2 is 1.63 bits per heavy atom. The maximum absolute atomic E-state index is 12.1. The Morgan fingerprint density at radius 3 is 2.22 bits per heavy atom. The third-order valence-electron chi connectivity index (χ3n) is 4.22. The molecule has 0 aliphatic carbocycles. The van der Waals surface area contributed by atoms with Gasteiger partial charge in [0.2, 0.25) is 5.91 Å². The number of benzene rings is 2. The number of carbonyl (C=O) groups is 2. The van der Waals surface area contributed by atoms with Gasteiger partial charge in [0.1, 0.15) is 6.61 Å². The van der Waals surface area contributed by atoms with Crippen molar-refractivity contribution in [1.29, 1.82) is 0 Å². The number of halogens is 1. The number of rotatable bonds is 9. The van der Waals surface area contributed by atoms with Crippen LogP contribution in [-0.4, -0.2) is 43.0 Å². The van der Waals surface area contributed by atoms with Crippen molar-refractivity contribution in [3.8, 4) is 0 Å². The van der Waals surface area contributed by atoms with E-state index in [0.29, 0.717) is 22.9 Å². The van der Waals surface area contributed by atoms with Gasteiger partial charge in [0, 0.05) is 17.3 Å². The third kappa shape index (κ3) is 7.04. The van der Waals surface area contributed by atoms with E-state index >= 15 is 0 Å². The molecule has 0 atom stereocenters. The summed E-state index contributed by atoms with van der Waals surface area (Å²) < 4.78 is 5.29. The van der Waals surface area contributed by atoms with E-state index in [1.54, 1.807) is 36.4 Å². The lowest BCUT2D eigenvalue weighted by atomic mass is 10.1. The predicted octanol–water partition coefficient (Wildman–Crippen LogP) is 4.02. The summed E-state index contributed by atoms with van der Waals surface area (Å²) in [7, 11) is 0. The predicted molar refractivity (Wildman–Crippen MR) is 108 cm³/mol. The second kappa shape index (κ2) is 10.7. The van der Waals surface area contributed by atoms with Crippen molar-refractivity contribution in [3.05, 3.63) is 64.7 Å². The van der Waals surface area contributed by atoms with Gasteiger partial charge in [-0.2, -0.15) is 0 Å². The van der Waals surface area contributed by atoms with E-state index in [-0.39, 0.29) is 18.3 Å². The molecule has 1 N–H and O–H groups in total. The largest absolute Gasteiger partial charge is 0.461 e. The summed E-state index contributed by atoms with van der Waals surface area (Å²) in [5.41, 5.74) is 1.98. The smallest absolute Gasteiger partial charge is 0.338 e. The molecule has 0 aliphatic rings. The fourth-order valence-electron chi connectivity index (χ4n) is 2.57. The molecule has 0 saturated heterocycles. The van der Waals surface area contributed by atoms with Crippen LogP contribution in [0.4, 0.5) is 5.69 Å². The summed E-state index contributed by atoms with van der Waals surface area (Å²) in [4.78, 5) is 26.4. The van der Waals surface area contributed by atoms with Crippen LogP contribution in [0.5, 0.6) is 0 Å². The highest BCUT2D eigenvalue weighted by Crippen LogP contribution is 2.13. The van der Waals surface area contributed by atoms with Crippen LogP contribution in [0, 0.1) is 0 Å². The minimum atomic E-state index is -0.360. The second-order valence-electron chi connectivity index (χ2n) is 6.09. The Labute approximate surface area is 165 Å². The minimum Gasteiger partial charge on any atom is -0.461 e. The number of esters is 1. The molecule has 0 radical (unpaired) electrons. The van der Waals surface area contributed by atoms with Crippen molar-refractivity contribution >= 4 is 29.2 Å². The van der Waals surface area contributed by atoms with E-state index in [2.05, 4.69) is 24.1 Å². The summed E-state index contributed by atoms with van der Waals surface area (Å²) in [5, 5.41) is 3.45. The van der Waals surface area contributed by atoms with Crippen molar-refractivity contribution in [2.45, 2.75) is 20.3 Å². The normalized spacial score (nSPS) is 10.7. The van der Waals surface area contributed by atoms with Gasteiger partial charge >= 0.3 is 5.97 Å². The summed E-state index contributed by atoms with van der Waals surface area (Å²) in [6.07, 6.45) is 0.256. The lowest BCUT2D eigenvalue weighted by molar-refractivity contribution is -0.115. The van der Waals surface area contributed by atoms with Gasteiger partial charge in [-0.3, -0.25) is 4.79 Å². The molecule has 0 heterocycles. The van der Waals surface area contributed by atoms with E-state index in [0.717, 1.165) is 25.2 Å². The van der Waals surface area contributed by atoms with Gasteiger partial charge in [-0.25, -0.2) is 4.79 Å². The van der Waals surface area contributed by atoms with Crippen LogP contribution in [0.15, 0.2) is 48.5 Å². The van der Waals surface area contributed by atoms with Gasteiger partial charge in [0.25, 0.3) is 0 Å². The Morgan fingerprint density at radius 1 is 1.00 bits per heavy atom. The number of nitrogens with one attached hydrogen (secondary N) is 1. The Balaban J connectivity index is 1.82. The number of carbonyl (C=O) groups excluding carboxylic acids is 2. The van der Waals surface area contributed by atoms with E-state index in [1.165, 1.54) is 0 Å². The van der Waals surface area contributed by atoms with E-state index in [9.17, 15) is 9.59 Å². The quantitative estimate of drug-likeness (QED) is 0.659. The summed E-state index contributed by atoms with van der Waals surface area (Å²) in [6, 6.07) is 13.8. The highest BCUT2D eigenvalue weighted by atomic mass is 35.5. The van der Waals surface area contributed by atoms with Gasteiger partial charge in [0.15, 0.2) is 0 Å². The number of anilines is 1. The van der Waals surface area contributed by atoms with Crippen LogP contribution < -0.4 is 5.32 Å². The molecule has 0 aliphatic heterocycles. The standard InChI is InChI=1S/C21H25ClN2O3/c1-3-24(4-2)13-14-27-21(26)17-7-11-19(12-8-17)23-20(25)15-16-5-9-18(22)10-6-16/h5-12H,3-4,13-15H2,1-2H3,(H,23,25). The Kier molecular flexibility index (Phi) is 8.30. The first-order chi connectivity index (χ1) is 13.0. The van der Waals surface area contributed by atoms with Crippen LogP contribution >= 0.6 is 11.6 Å². The second-order valence-corrected chi connectivity index (χ2v) is 6.53. The molecule has 6 heteroatoms. The first-order valence-corrected chi connectivity index (χ1v) is 9.43. The molecule has 2 rings (SSSR count). The van der Waals surface area contributed by atoms with Gasteiger partial charge in [-0.1, -0.05) is 37.6 Å². The number of hydrogen-bond donors (Lipinski definition) is 1. The molecule has 0 bridgehead atoms. The first kappa shape index (κ1) is 20.9. The monoisotopic (exact) mass is 388 g/mol. The van der Waals surface area contributed by atoms with Crippen LogP contribution in [0.2, 0.25) is 5.02 Å². The fourth-order valence-corrected chi connectivity index (χ4v) is 2.70. The zero-order chi connectivity index (χ0) is 19.6. The first-order valence-electron chi connectivity index (χ1n) is 9.05. The molecule has 0 saturated carbocycles. The lowest BCUT2D eigenvalue weighted by Gasteiger charge is -2.17. The van der Waals surface area contributed by atoms with Crippen LogP contribution in [0.3, 0.4) is 0 Å². The van der Waals surface area contributed by atoms with Crippen molar-refractivity contribution in [3.63, 3.8) is 0 Å². The Hall–Kier alpha value is -2.37. The molecular weight excluding hydrogens is 364 g/mol. The summed E-state index contributed by atoms with van der Waals surface area (Å²) >= 11 is 5.84. The minimum absolute atomic E-state index is 0.133. The molecule has 0 spiro atoms. The number of hydrogen-bond acceptors (Lipinski definition) is 4. The zero-order valence-electron chi connectivity index (χ0n) is 15.7. The van der Waals surface area contributed by atoms with Crippen molar-refractivity contribution in [1.82, 2.24) is 4.90 Å². The topological polar surface area (TPSA) is 58.6 Å². The van der Waals surface area contributed by atoms with Crippen LogP contribution in [-0.2, 0) is 16.0 Å². The maximum atomic E-state index is 12.1. The Bertz CT molecular complexity index is 741. The molecular formula is C21H25ClN2O3. The number of amides is 1. The highest BCUT2D eigenvalue weighted by molar-refractivity contribution is 6.30. The third-order valence-corrected chi connectivity index (χ3v) is 4.47. The zero-order valence-corrected chi connectivity index (χ0v) is 16.5. The number of ether oxygens (including phenoxy) is 1. The molecule has 5 nitrogen and oxygen atoms in total. The summed E-state index contributed by atoms with van der Waals surface area (Å²) in [6.45, 7) is 7.09. The highest BCUT2D eigenvalue weighted by Gasteiger charge is 2.09. The van der Waals surface area contributed by atoms with Gasteiger partial charge in [0.05, 0.1) is 12.0 Å². The molecule has 27 heavy (non-hydrogen) atoms. The van der Waals surface area contributed by atoms with Gasteiger partial charge in [-0.05, 0) is 55.1 Å². The lowest BCUT2D eigenvalue weighted by Crippen LogP contribution is -2.27. The van der Waals surface area contributed by atoms with Crippen molar-refractivity contribution < 1.29 is 14.3 Å². The molecule has 1 amide bonds. The van der Waals surface area contributed by atoms with Gasteiger partial charge in [-0.15, -0.1) is 0 Å². The summed E-state index contributed by atoms with van der Waals surface area (Å²) in [5.74, 6) is -0.493. The van der Waals surface area contributed by atoms with Crippen LogP contribution in [0.1, 0.15) is 29.8 Å². The van der Waals surface area contributed by atoms with Crippen molar-refractivity contribution in [2.75, 3.05) is 31.6 Å². The average Bonchev–Trinajstić information content (AvgIpc) is 2.67. The van der Waals surface area contributed by atoms with Crippen LogP contribution in [0.25, 0.3) is 0 Å². The average molecular weight is 389 g/mol. The number of nitrogens with zero attached hydrogens (tertiary/aromatic N) is 1. The fraction of sp³-hybridized carbons (Fsp3) is 0.333. The molecule has 0 fully saturated rings. The molecule has 144 valence electrons. The molecule has 2 aromatic carbocycles. The maximum Gasteiger partial charge on any atom is 0.338 e. The van der Waals surface area contributed by atoms with Crippen molar-refractivity contribution in [2.24, 2.45) is 0 Å².